The van der Waals surface area contributed by atoms with Crippen LogP contribution in [0.4, 0.5) is 0 Å². The molecule has 0 heterocycles. The Kier molecular flexibility index (Phi) is 4.93. The van der Waals surface area contributed by atoms with Crippen molar-refractivity contribution in [3.05, 3.63) is 65.7 Å². The van der Waals surface area contributed by atoms with Crippen molar-refractivity contribution >= 4 is 11.8 Å². The molecule has 0 saturated carbocycles. The summed E-state index contributed by atoms with van der Waals surface area (Å²) >= 11 is 1.60. The van der Waals surface area contributed by atoms with Crippen LogP contribution in [0.3, 0.4) is 0 Å². The molecule has 0 aromatic heterocycles. The molecule has 2 rings (SSSR count). The Morgan fingerprint density at radius 1 is 0.944 bits per heavy atom. The minimum atomic E-state index is 0.920. The summed E-state index contributed by atoms with van der Waals surface area (Å²) in [6.45, 7) is 2.11. The lowest BCUT2D eigenvalue weighted by Crippen LogP contribution is -1.83. The zero-order valence-electron chi connectivity index (χ0n) is 10.5. The zero-order valence-corrected chi connectivity index (χ0v) is 11.3. The summed E-state index contributed by atoms with van der Waals surface area (Å²) in [5, 5.41) is 3.15. The highest BCUT2D eigenvalue weighted by atomic mass is 32.2. The van der Waals surface area contributed by atoms with Crippen molar-refractivity contribution in [2.75, 3.05) is 0 Å². The van der Waals surface area contributed by atoms with Crippen molar-refractivity contribution in [1.29, 1.82) is 0 Å². The lowest BCUT2D eigenvalue weighted by molar-refractivity contribution is 1.03. The predicted octanol–water partition coefficient (Wildman–Crippen LogP) is 4.68. The molecule has 0 radical (unpaired) electrons. The molecular weight excluding hydrogens is 236 g/mol. The molecule has 0 spiro atoms. The highest BCUT2D eigenvalue weighted by Crippen LogP contribution is 2.15. The third kappa shape index (κ3) is 4.31. The molecule has 0 amide bonds. The topological polar surface area (TPSA) is 0 Å². The van der Waals surface area contributed by atoms with Crippen LogP contribution in [-0.4, -0.2) is 0 Å². The summed E-state index contributed by atoms with van der Waals surface area (Å²) in [5.74, 6) is 3.21. The lowest BCUT2D eigenvalue weighted by atomic mass is 10.1. The van der Waals surface area contributed by atoms with Gasteiger partial charge in [-0.3, -0.25) is 0 Å². The number of hydrogen-bond donors (Lipinski definition) is 0. The monoisotopic (exact) mass is 252 g/mol. The van der Waals surface area contributed by atoms with Gasteiger partial charge < -0.3 is 0 Å². The molecule has 1 heteroatoms. The van der Waals surface area contributed by atoms with Crippen LogP contribution in [0.2, 0.25) is 0 Å². The summed E-state index contributed by atoms with van der Waals surface area (Å²) in [6.07, 6.45) is 1.95. The second-order valence-corrected chi connectivity index (χ2v) is 5.06. The molecule has 0 atom stereocenters. The maximum atomic E-state index is 3.21. The van der Waals surface area contributed by atoms with Gasteiger partial charge in [0.1, 0.15) is 0 Å². The van der Waals surface area contributed by atoms with Gasteiger partial charge in [-0.15, -0.1) is 0 Å². The zero-order chi connectivity index (χ0) is 12.6. The van der Waals surface area contributed by atoms with Gasteiger partial charge in [-0.2, -0.15) is 0 Å². The van der Waals surface area contributed by atoms with Crippen molar-refractivity contribution < 1.29 is 0 Å². The molecule has 2 aromatic carbocycles. The Morgan fingerprint density at radius 2 is 1.67 bits per heavy atom. The van der Waals surface area contributed by atoms with Crippen molar-refractivity contribution in [2.24, 2.45) is 0 Å². The Bertz CT molecular complexity index is 529. The number of hydrogen-bond acceptors (Lipinski definition) is 1. The fraction of sp³-hybridized carbons (Fsp3) is 0.176. The van der Waals surface area contributed by atoms with Gasteiger partial charge >= 0.3 is 0 Å². The van der Waals surface area contributed by atoms with E-state index in [0.29, 0.717) is 0 Å². The fourth-order valence-corrected chi connectivity index (χ4v) is 2.18. The third-order valence-electron chi connectivity index (χ3n) is 2.64. The van der Waals surface area contributed by atoms with Crippen molar-refractivity contribution in [3.63, 3.8) is 0 Å². The van der Waals surface area contributed by atoms with Crippen LogP contribution in [-0.2, 0) is 6.42 Å². The first-order valence-electron chi connectivity index (χ1n) is 6.10. The standard InChI is InChI=1S/C17H16S/c1-15-10-12-16(13-11-15)7-5-6-14-18-17-8-3-2-4-9-17/h2-4,8-13H,5,7H2,1H3. The SMILES string of the molecule is Cc1ccc(CCC#CSc2ccccc2)cc1. The average molecular weight is 252 g/mol. The third-order valence-corrected chi connectivity index (χ3v) is 3.40. The van der Waals surface area contributed by atoms with E-state index in [4.69, 9.17) is 0 Å². The average Bonchev–Trinajstić information content (AvgIpc) is 2.42. The lowest BCUT2D eigenvalue weighted by Gasteiger charge is -1.97. The minimum absolute atomic E-state index is 0.920. The molecule has 18 heavy (non-hydrogen) atoms. The van der Waals surface area contributed by atoms with E-state index in [-0.39, 0.29) is 0 Å². The first-order valence-corrected chi connectivity index (χ1v) is 6.91. The molecule has 0 aliphatic rings. The van der Waals surface area contributed by atoms with E-state index in [2.05, 4.69) is 54.5 Å². The number of aryl methyl sites for hydroxylation is 2. The smallest absolute Gasteiger partial charge is 0.0203 e. The van der Waals surface area contributed by atoms with E-state index in [1.54, 1.807) is 11.8 Å². The second-order valence-electron chi connectivity index (χ2n) is 4.18. The minimum Gasteiger partial charge on any atom is -0.0906 e. The Balaban J connectivity index is 1.77. The molecule has 0 bridgehead atoms. The fourth-order valence-electron chi connectivity index (χ4n) is 1.60. The van der Waals surface area contributed by atoms with Gasteiger partial charge in [0, 0.05) is 11.3 Å². The van der Waals surface area contributed by atoms with Gasteiger partial charge in [-0.1, -0.05) is 53.9 Å². The second kappa shape index (κ2) is 6.93. The van der Waals surface area contributed by atoms with Gasteiger partial charge in [0.25, 0.3) is 0 Å². The van der Waals surface area contributed by atoms with E-state index in [1.807, 2.05) is 18.2 Å². The maximum Gasteiger partial charge on any atom is 0.0203 e. The molecule has 0 aliphatic carbocycles. The molecule has 0 aliphatic heterocycles. The number of benzene rings is 2. The van der Waals surface area contributed by atoms with Crippen LogP contribution in [0.1, 0.15) is 17.5 Å². The molecule has 90 valence electrons. The molecule has 0 saturated heterocycles. The summed E-state index contributed by atoms with van der Waals surface area (Å²) in [7, 11) is 0. The maximum absolute atomic E-state index is 3.21. The molecule has 0 nitrogen and oxygen atoms in total. The van der Waals surface area contributed by atoms with E-state index < -0.39 is 0 Å². The Hall–Kier alpha value is -1.65. The Morgan fingerprint density at radius 3 is 2.39 bits per heavy atom. The van der Waals surface area contributed by atoms with Gasteiger partial charge in [0.15, 0.2) is 0 Å². The molecule has 0 unspecified atom stereocenters. The highest BCUT2D eigenvalue weighted by molar-refractivity contribution is 8.03. The van der Waals surface area contributed by atoms with Gasteiger partial charge in [0.2, 0.25) is 0 Å². The van der Waals surface area contributed by atoms with Crippen molar-refractivity contribution in [1.82, 2.24) is 0 Å². The van der Waals surface area contributed by atoms with Crippen LogP contribution in [0.5, 0.6) is 0 Å². The molecular formula is C17H16S. The molecule has 2 aromatic rings. The first kappa shape index (κ1) is 12.8. The number of thioether (sulfide) groups is 1. The van der Waals surface area contributed by atoms with Crippen LogP contribution < -0.4 is 0 Å². The summed E-state index contributed by atoms with van der Waals surface area (Å²) in [6, 6.07) is 18.9. The predicted molar refractivity (Wildman–Crippen MR) is 79.6 cm³/mol. The summed E-state index contributed by atoms with van der Waals surface area (Å²) in [5.41, 5.74) is 2.67. The van der Waals surface area contributed by atoms with Crippen LogP contribution >= 0.6 is 11.8 Å². The normalized spacial score (nSPS) is 9.61. The summed E-state index contributed by atoms with van der Waals surface area (Å²) < 4.78 is 0. The van der Waals surface area contributed by atoms with E-state index in [9.17, 15) is 0 Å². The number of rotatable bonds is 3. The van der Waals surface area contributed by atoms with Crippen LogP contribution in [0.25, 0.3) is 0 Å². The van der Waals surface area contributed by atoms with E-state index in [0.717, 1.165) is 12.8 Å². The van der Waals surface area contributed by atoms with E-state index in [1.165, 1.54) is 16.0 Å². The van der Waals surface area contributed by atoms with Crippen LogP contribution in [0.15, 0.2) is 59.5 Å². The van der Waals surface area contributed by atoms with Crippen molar-refractivity contribution in [2.45, 2.75) is 24.7 Å². The van der Waals surface area contributed by atoms with Gasteiger partial charge in [0.05, 0.1) is 0 Å². The quantitative estimate of drug-likeness (QED) is 0.564. The van der Waals surface area contributed by atoms with Gasteiger partial charge in [-0.05, 0) is 48.1 Å². The van der Waals surface area contributed by atoms with Gasteiger partial charge in [-0.25, -0.2) is 0 Å². The highest BCUT2D eigenvalue weighted by Gasteiger charge is 1.90. The van der Waals surface area contributed by atoms with Crippen LogP contribution in [0, 0.1) is 18.1 Å². The first-order chi connectivity index (χ1) is 8.84. The largest absolute Gasteiger partial charge is 0.0906 e. The molecule has 0 N–H and O–H groups in total. The summed E-state index contributed by atoms with van der Waals surface area (Å²) in [4.78, 5) is 1.21. The van der Waals surface area contributed by atoms with Crippen molar-refractivity contribution in [3.8, 4) is 11.2 Å². The van der Waals surface area contributed by atoms with E-state index >= 15 is 0 Å². The molecule has 0 fully saturated rings. The Labute approximate surface area is 113 Å².